The molecule has 2 aromatic carbocycles. The van der Waals surface area contributed by atoms with E-state index in [0.29, 0.717) is 0 Å². The van der Waals surface area contributed by atoms with Crippen molar-refractivity contribution in [2.24, 2.45) is 7.05 Å². The monoisotopic (exact) mass is 261 g/mol. The minimum Gasteiger partial charge on any atom is -0.240 e. The van der Waals surface area contributed by atoms with Gasteiger partial charge in [-0.15, -0.1) is 0 Å². The van der Waals surface area contributed by atoms with Crippen molar-refractivity contribution in [3.63, 3.8) is 0 Å². The Balaban J connectivity index is 2.40. The number of hydrogen-bond donors (Lipinski definition) is 1. The third-order valence-electron chi connectivity index (χ3n) is 4.37. The Morgan fingerprint density at radius 1 is 0.900 bits per heavy atom. The van der Waals surface area contributed by atoms with Crippen molar-refractivity contribution >= 4 is 32.8 Å². The van der Waals surface area contributed by atoms with Crippen LogP contribution in [0.25, 0.3) is 32.8 Å². The lowest BCUT2D eigenvalue weighted by Gasteiger charge is -2.08. The van der Waals surface area contributed by atoms with Gasteiger partial charge in [-0.25, -0.2) is 9.55 Å². The summed E-state index contributed by atoms with van der Waals surface area (Å²) in [4.78, 5) is 3.57. The molecule has 0 spiro atoms. The molecule has 0 radical (unpaired) electrons. The highest BCUT2D eigenvalue weighted by atomic mass is 15.0. The first-order chi connectivity index (χ1) is 9.68. The number of benzene rings is 2. The molecule has 98 valence electrons. The fraction of sp³-hybridized carbons (Fsp3) is 0.167. The quantitative estimate of drug-likeness (QED) is 0.463. The Kier molecular flexibility index (Phi) is 2.19. The summed E-state index contributed by atoms with van der Waals surface area (Å²) in [5.41, 5.74) is 6.38. The van der Waals surface area contributed by atoms with Gasteiger partial charge in [0.15, 0.2) is 0 Å². The molecule has 0 bridgehead atoms. The van der Waals surface area contributed by atoms with E-state index in [-0.39, 0.29) is 0 Å². The highest BCUT2D eigenvalue weighted by molar-refractivity contribution is 6.10. The van der Waals surface area contributed by atoms with Crippen molar-refractivity contribution in [1.29, 1.82) is 0 Å². The Labute approximate surface area is 117 Å². The van der Waals surface area contributed by atoms with E-state index in [1.807, 2.05) is 0 Å². The Bertz CT molecular complexity index is 977. The minimum absolute atomic E-state index is 1.20. The first-order valence-corrected chi connectivity index (χ1v) is 6.97. The van der Waals surface area contributed by atoms with Gasteiger partial charge in [0.1, 0.15) is 11.0 Å². The molecule has 0 aliphatic rings. The summed E-state index contributed by atoms with van der Waals surface area (Å²) in [6.07, 6.45) is 0. The number of pyridine rings is 1. The number of fused-ring (bicyclic) bond motifs is 4. The lowest BCUT2D eigenvalue weighted by molar-refractivity contribution is -0.619. The van der Waals surface area contributed by atoms with E-state index in [1.165, 1.54) is 44.0 Å². The summed E-state index contributed by atoms with van der Waals surface area (Å²) in [6.45, 7) is 4.40. The van der Waals surface area contributed by atoms with E-state index < -0.39 is 0 Å². The van der Waals surface area contributed by atoms with Crippen molar-refractivity contribution < 1.29 is 4.57 Å². The van der Waals surface area contributed by atoms with Crippen molar-refractivity contribution in [1.82, 2.24) is 4.98 Å². The van der Waals surface area contributed by atoms with Gasteiger partial charge in [0.2, 0.25) is 0 Å². The number of aromatic nitrogens is 2. The molecule has 2 nitrogen and oxygen atoms in total. The van der Waals surface area contributed by atoms with Gasteiger partial charge >= 0.3 is 0 Å². The number of hydrogen-bond acceptors (Lipinski definition) is 0. The van der Waals surface area contributed by atoms with Gasteiger partial charge in [0.05, 0.1) is 12.4 Å². The third-order valence-corrected chi connectivity index (χ3v) is 4.37. The molecule has 4 aromatic rings. The predicted octanol–water partition coefficient (Wildman–Crippen LogP) is 3.92. The van der Waals surface area contributed by atoms with Crippen molar-refractivity contribution in [2.45, 2.75) is 13.8 Å². The molecule has 0 unspecified atom stereocenters. The van der Waals surface area contributed by atoms with Gasteiger partial charge in [0, 0.05) is 10.8 Å². The number of rotatable bonds is 0. The fourth-order valence-corrected chi connectivity index (χ4v) is 3.41. The summed E-state index contributed by atoms with van der Waals surface area (Å²) in [5, 5.41) is 3.98. The van der Waals surface area contributed by atoms with Crippen LogP contribution in [-0.2, 0) is 7.05 Å². The van der Waals surface area contributed by atoms with E-state index in [4.69, 9.17) is 0 Å². The van der Waals surface area contributed by atoms with Crippen LogP contribution < -0.4 is 4.57 Å². The van der Waals surface area contributed by atoms with Crippen molar-refractivity contribution in [3.8, 4) is 0 Å². The number of aryl methyl sites for hydroxylation is 3. The predicted molar refractivity (Wildman–Crippen MR) is 84.0 cm³/mol. The average molecular weight is 261 g/mol. The number of aromatic amines is 1. The maximum Gasteiger partial charge on any atom is 0.288 e. The van der Waals surface area contributed by atoms with Gasteiger partial charge in [-0.2, -0.15) is 0 Å². The Morgan fingerprint density at radius 2 is 1.65 bits per heavy atom. The number of H-pyrrole nitrogens is 1. The van der Waals surface area contributed by atoms with Gasteiger partial charge in [0.25, 0.3) is 5.65 Å². The third kappa shape index (κ3) is 1.31. The number of nitrogens with zero attached hydrogens (tertiary/aromatic N) is 1. The standard InChI is InChI=1S/C18H16N2/c1-11-7-6-9-13-12(2)16-14-8-4-5-10-15(14)19-18(16)20(3)17(11)13/h4-10H,1-3H3/p+1. The van der Waals surface area contributed by atoms with Crippen LogP contribution in [0.4, 0.5) is 0 Å². The van der Waals surface area contributed by atoms with Crippen molar-refractivity contribution in [3.05, 3.63) is 53.6 Å². The first-order valence-electron chi connectivity index (χ1n) is 6.97. The second kappa shape index (κ2) is 3.83. The fourth-order valence-electron chi connectivity index (χ4n) is 3.41. The molecular weight excluding hydrogens is 244 g/mol. The molecule has 20 heavy (non-hydrogen) atoms. The van der Waals surface area contributed by atoms with Gasteiger partial charge in [-0.3, -0.25) is 0 Å². The number of nitrogens with one attached hydrogen (secondary N) is 1. The topological polar surface area (TPSA) is 19.7 Å². The van der Waals surface area contributed by atoms with Crippen LogP contribution in [0.3, 0.4) is 0 Å². The van der Waals surface area contributed by atoms with Crippen LogP contribution >= 0.6 is 0 Å². The molecule has 0 atom stereocenters. The molecule has 4 rings (SSSR count). The molecule has 2 heterocycles. The zero-order chi connectivity index (χ0) is 13.9. The van der Waals surface area contributed by atoms with Crippen LogP contribution in [0.5, 0.6) is 0 Å². The normalized spacial score (nSPS) is 11.8. The second-order valence-electron chi connectivity index (χ2n) is 5.55. The average Bonchev–Trinajstić information content (AvgIpc) is 2.84. The number of para-hydroxylation sites is 2. The first kappa shape index (κ1) is 11.5. The van der Waals surface area contributed by atoms with Crippen LogP contribution in [0.1, 0.15) is 11.1 Å². The highest BCUT2D eigenvalue weighted by Gasteiger charge is 2.19. The summed E-state index contributed by atoms with van der Waals surface area (Å²) < 4.78 is 2.28. The Hall–Kier alpha value is -2.35. The zero-order valence-electron chi connectivity index (χ0n) is 12.0. The molecule has 0 saturated carbocycles. The van der Waals surface area contributed by atoms with E-state index in [0.717, 1.165) is 0 Å². The lowest BCUT2D eigenvalue weighted by atomic mass is 10.0. The van der Waals surface area contributed by atoms with Crippen LogP contribution in [0.2, 0.25) is 0 Å². The minimum atomic E-state index is 1.20. The molecule has 0 fully saturated rings. The van der Waals surface area contributed by atoms with Gasteiger partial charge in [-0.1, -0.05) is 30.3 Å². The van der Waals surface area contributed by atoms with Gasteiger partial charge in [-0.05, 0) is 37.1 Å². The smallest absolute Gasteiger partial charge is 0.240 e. The van der Waals surface area contributed by atoms with Crippen LogP contribution in [0, 0.1) is 13.8 Å². The van der Waals surface area contributed by atoms with Crippen LogP contribution in [-0.4, -0.2) is 4.98 Å². The van der Waals surface area contributed by atoms with Gasteiger partial charge < -0.3 is 0 Å². The summed E-state index contributed by atoms with van der Waals surface area (Å²) >= 11 is 0. The zero-order valence-corrected chi connectivity index (χ0v) is 12.0. The van der Waals surface area contributed by atoms with Crippen molar-refractivity contribution in [2.75, 3.05) is 0 Å². The molecule has 0 saturated heterocycles. The van der Waals surface area contributed by atoms with E-state index in [2.05, 4.69) is 72.9 Å². The maximum atomic E-state index is 3.57. The van der Waals surface area contributed by atoms with E-state index in [9.17, 15) is 0 Å². The largest absolute Gasteiger partial charge is 0.288 e. The SMILES string of the molecule is Cc1c2cccc(C)c2[n+](C)c2[nH]c3ccccc3c12. The molecular formula is C18H17N2+. The summed E-state index contributed by atoms with van der Waals surface area (Å²) in [7, 11) is 2.15. The maximum absolute atomic E-state index is 3.57. The molecule has 2 aromatic heterocycles. The highest BCUT2D eigenvalue weighted by Crippen LogP contribution is 2.31. The lowest BCUT2D eigenvalue weighted by Crippen LogP contribution is -2.31. The van der Waals surface area contributed by atoms with E-state index in [1.54, 1.807) is 0 Å². The molecule has 2 heteroatoms. The summed E-state index contributed by atoms with van der Waals surface area (Å²) in [5.74, 6) is 0. The second-order valence-corrected chi connectivity index (χ2v) is 5.55. The molecule has 0 amide bonds. The molecule has 0 aliphatic heterocycles. The summed E-state index contributed by atoms with van der Waals surface area (Å²) in [6, 6.07) is 15.1. The Morgan fingerprint density at radius 3 is 2.50 bits per heavy atom. The molecule has 1 N–H and O–H groups in total. The van der Waals surface area contributed by atoms with E-state index >= 15 is 0 Å². The van der Waals surface area contributed by atoms with Crippen LogP contribution in [0.15, 0.2) is 42.5 Å². The molecule has 0 aliphatic carbocycles.